The van der Waals surface area contributed by atoms with Crippen LogP contribution in [0.25, 0.3) is 6.08 Å². The van der Waals surface area contributed by atoms with Gasteiger partial charge in [0.25, 0.3) is 0 Å². The Kier molecular flexibility index (Phi) is 7.35. The zero-order valence-corrected chi connectivity index (χ0v) is 22.4. The number of cyclic esters (lactones) is 1. The summed E-state index contributed by atoms with van der Waals surface area (Å²) in [6.45, 7) is 0.441. The van der Waals surface area contributed by atoms with Gasteiger partial charge in [0.1, 0.15) is 12.4 Å². The van der Waals surface area contributed by atoms with E-state index in [1.165, 1.54) is 0 Å². The van der Waals surface area contributed by atoms with Gasteiger partial charge in [0.15, 0.2) is 5.70 Å². The summed E-state index contributed by atoms with van der Waals surface area (Å²) in [6.07, 6.45) is 1.72. The number of nitrogens with zero attached hydrogens (tertiary/aromatic N) is 1. The smallest absolute Gasteiger partial charge is 0.363 e. The molecule has 0 bridgehead atoms. The van der Waals surface area contributed by atoms with Crippen LogP contribution in [0.4, 0.5) is 0 Å². The van der Waals surface area contributed by atoms with E-state index in [1.54, 1.807) is 6.08 Å². The second-order valence-corrected chi connectivity index (χ2v) is 10.2. The molecule has 8 heteroatoms. The van der Waals surface area contributed by atoms with E-state index in [1.807, 2.05) is 60.7 Å². The van der Waals surface area contributed by atoms with Gasteiger partial charge in [-0.05, 0) is 111 Å². The fourth-order valence-corrected chi connectivity index (χ4v) is 5.34. The van der Waals surface area contributed by atoms with Gasteiger partial charge in [-0.1, -0.05) is 39.7 Å². The van der Waals surface area contributed by atoms with Crippen LogP contribution in [-0.2, 0) is 16.1 Å². The Morgan fingerprint density at radius 3 is 2.32 bits per heavy atom. The van der Waals surface area contributed by atoms with E-state index in [0.29, 0.717) is 17.5 Å². The number of halogens is 4. The Hall–Kier alpha value is -1.43. The van der Waals surface area contributed by atoms with Crippen molar-refractivity contribution < 1.29 is 14.3 Å². The molecule has 4 nitrogen and oxygen atoms in total. The van der Waals surface area contributed by atoms with Crippen LogP contribution in [-0.4, -0.2) is 11.9 Å². The molecule has 1 heterocycles. The molecule has 0 amide bonds. The van der Waals surface area contributed by atoms with Gasteiger partial charge in [-0.2, -0.15) is 0 Å². The maximum atomic E-state index is 12.3. The summed E-state index contributed by atoms with van der Waals surface area (Å²) < 4.78 is 14.2. The second-order valence-electron chi connectivity index (χ2n) is 6.57. The molecule has 0 unspecified atom stereocenters. The van der Waals surface area contributed by atoms with Crippen LogP contribution in [0.5, 0.6) is 5.75 Å². The standard InChI is InChI=1S/C23H13BrClI2NO3/c24-16-5-3-15(4-6-16)22-28-20(23(29)31-22)11-14-9-18(26)21(19(27)10-14)30-12-13-1-7-17(25)8-2-13/h1-11H,12H2/b20-11-. The maximum absolute atomic E-state index is 12.3. The van der Waals surface area contributed by atoms with Crippen molar-refractivity contribution in [1.82, 2.24) is 0 Å². The summed E-state index contributed by atoms with van der Waals surface area (Å²) in [5, 5.41) is 0.696. The van der Waals surface area contributed by atoms with Crippen molar-refractivity contribution in [2.75, 3.05) is 0 Å². The molecule has 3 aromatic carbocycles. The number of ether oxygens (including phenoxy) is 2. The highest BCUT2D eigenvalue weighted by atomic mass is 127. The first-order valence-electron chi connectivity index (χ1n) is 9.04. The van der Waals surface area contributed by atoms with Crippen molar-refractivity contribution in [3.05, 3.63) is 99.7 Å². The lowest BCUT2D eigenvalue weighted by atomic mass is 10.2. The molecule has 0 atom stereocenters. The highest BCUT2D eigenvalue weighted by Gasteiger charge is 2.24. The summed E-state index contributed by atoms with van der Waals surface area (Å²) in [5.41, 5.74) is 2.89. The molecule has 156 valence electrons. The third-order valence-corrected chi connectivity index (χ3v) is 6.72. The van der Waals surface area contributed by atoms with Crippen molar-refractivity contribution in [2.45, 2.75) is 6.61 Å². The molecule has 0 saturated carbocycles. The van der Waals surface area contributed by atoms with E-state index in [2.05, 4.69) is 66.1 Å². The van der Waals surface area contributed by atoms with Crippen LogP contribution >= 0.6 is 72.7 Å². The Morgan fingerprint density at radius 2 is 1.68 bits per heavy atom. The van der Waals surface area contributed by atoms with Crippen LogP contribution in [0.15, 0.2) is 75.8 Å². The van der Waals surface area contributed by atoms with E-state index in [0.717, 1.165) is 34.1 Å². The number of rotatable bonds is 5. The Balaban J connectivity index is 1.54. The largest absolute Gasteiger partial charge is 0.487 e. The summed E-state index contributed by atoms with van der Waals surface area (Å²) >= 11 is 13.8. The fourth-order valence-electron chi connectivity index (χ4n) is 2.82. The first-order valence-corrected chi connectivity index (χ1v) is 12.4. The van der Waals surface area contributed by atoms with E-state index < -0.39 is 5.97 Å². The minimum atomic E-state index is -0.467. The van der Waals surface area contributed by atoms with E-state index in [-0.39, 0.29) is 5.70 Å². The van der Waals surface area contributed by atoms with Gasteiger partial charge >= 0.3 is 5.97 Å². The number of hydrogen-bond donors (Lipinski definition) is 0. The SMILES string of the molecule is O=C1OC(c2ccc(Br)cc2)=N/C1=C\c1cc(I)c(OCc2ccc(Cl)cc2)c(I)c1. The van der Waals surface area contributed by atoms with Gasteiger partial charge in [-0.3, -0.25) is 0 Å². The molecule has 1 aliphatic rings. The average molecular weight is 721 g/mol. The quantitative estimate of drug-likeness (QED) is 0.159. The van der Waals surface area contributed by atoms with Gasteiger partial charge in [0, 0.05) is 15.1 Å². The minimum Gasteiger partial charge on any atom is -0.487 e. The van der Waals surface area contributed by atoms with Crippen LogP contribution in [0, 0.1) is 7.14 Å². The lowest BCUT2D eigenvalue weighted by Gasteiger charge is -2.11. The fraction of sp³-hybridized carbons (Fsp3) is 0.0435. The van der Waals surface area contributed by atoms with Crippen molar-refractivity contribution >= 4 is 90.7 Å². The summed E-state index contributed by atoms with van der Waals surface area (Å²) in [4.78, 5) is 16.7. The zero-order valence-electron chi connectivity index (χ0n) is 15.7. The molecular weight excluding hydrogens is 707 g/mol. The molecular formula is C23H13BrClI2NO3. The number of hydrogen-bond acceptors (Lipinski definition) is 4. The molecule has 3 aromatic rings. The highest BCUT2D eigenvalue weighted by molar-refractivity contribution is 14.1. The zero-order chi connectivity index (χ0) is 22.0. The molecule has 0 aromatic heterocycles. The van der Waals surface area contributed by atoms with Crippen molar-refractivity contribution in [3.8, 4) is 5.75 Å². The predicted molar refractivity (Wildman–Crippen MR) is 142 cm³/mol. The molecule has 1 aliphatic heterocycles. The number of carbonyl (C=O) groups is 1. The highest BCUT2D eigenvalue weighted by Crippen LogP contribution is 2.31. The summed E-state index contributed by atoms with van der Waals surface area (Å²) in [6, 6.07) is 18.9. The molecule has 0 spiro atoms. The molecule has 0 saturated heterocycles. The summed E-state index contributed by atoms with van der Waals surface area (Å²) in [5.74, 6) is 0.633. The molecule has 31 heavy (non-hydrogen) atoms. The molecule has 4 rings (SSSR count). The second kappa shape index (κ2) is 10.0. The first kappa shape index (κ1) is 22.8. The van der Waals surface area contributed by atoms with Gasteiger partial charge in [0.05, 0.1) is 7.14 Å². The number of aliphatic imine (C=N–C) groups is 1. The molecule has 0 N–H and O–H groups in total. The predicted octanol–water partition coefficient (Wildman–Crippen LogP) is 7.24. The number of carbonyl (C=O) groups excluding carboxylic acids is 1. The van der Waals surface area contributed by atoms with Crippen molar-refractivity contribution in [3.63, 3.8) is 0 Å². The lowest BCUT2D eigenvalue weighted by molar-refractivity contribution is -0.129. The Bertz CT molecular complexity index is 1190. The normalized spacial score (nSPS) is 14.5. The van der Waals surface area contributed by atoms with E-state index in [4.69, 9.17) is 21.1 Å². The third kappa shape index (κ3) is 5.68. The maximum Gasteiger partial charge on any atom is 0.363 e. The van der Waals surface area contributed by atoms with Gasteiger partial charge < -0.3 is 9.47 Å². The van der Waals surface area contributed by atoms with E-state index in [9.17, 15) is 4.79 Å². The van der Waals surface area contributed by atoms with Gasteiger partial charge in [-0.15, -0.1) is 0 Å². The first-order chi connectivity index (χ1) is 14.9. The van der Waals surface area contributed by atoms with Gasteiger partial charge in [-0.25, -0.2) is 9.79 Å². The van der Waals surface area contributed by atoms with Crippen LogP contribution < -0.4 is 4.74 Å². The Labute approximate surface area is 220 Å². The third-order valence-electron chi connectivity index (χ3n) is 4.33. The lowest BCUT2D eigenvalue weighted by Crippen LogP contribution is -2.05. The monoisotopic (exact) mass is 719 g/mol. The van der Waals surface area contributed by atoms with Crippen molar-refractivity contribution in [2.24, 2.45) is 4.99 Å². The van der Waals surface area contributed by atoms with E-state index >= 15 is 0 Å². The topological polar surface area (TPSA) is 47.9 Å². The molecule has 0 aliphatic carbocycles. The van der Waals surface area contributed by atoms with Crippen molar-refractivity contribution in [1.29, 1.82) is 0 Å². The average Bonchev–Trinajstić information content (AvgIpc) is 3.09. The van der Waals surface area contributed by atoms with Crippen LogP contribution in [0.1, 0.15) is 16.7 Å². The molecule has 0 fully saturated rings. The minimum absolute atomic E-state index is 0.263. The number of benzene rings is 3. The van der Waals surface area contributed by atoms with Gasteiger partial charge in [0.2, 0.25) is 5.90 Å². The molecule has 0 radical (unpaired) electrons. The van der Waals surface area contributed by atoms with Crippen LogP contribution in [0.2, 0.25) is 5.02 Å². The van der Waals surface area contributed by atoms with Crippen LogP contribution in [0.3, 0.4) is 0 Å². The number of esters is 1. The Morgan fingerprint density at radius 1 is 1.03 bits per heavy atom. The summed E-state index contributed by atoms with van der Waals surface area (Å²) in [7, 11) is 0.